The third-order valence-corrected chi connectivity index (χ3v) is 8.54. The zero-order chi connectivity index (χ0) is 38.5. The molecule has 0 saturated heterocycles. The van der Waals surface area contributed by atoms with Crippen LogP contribution in [0, 0.1) is 10.1 Å². The number of hydrogen-bond donors (Lipinski definition) is 6. The Hall–Kier alpha value is -7.08. The normalized spacial score (nSPS) is 14.6. The van der Waals surface area contributed by atoms with Gasteiger partial charge in [-0.15, -0.1) is 20.5 Å². The minimum atomic E-state index is -4.90. The second kappa shape index (κ2) is 15.0. The van der Waals surface area contributed by atoms with Crippen molar-refractivity contribution in [2.45, 2.75) is 9.79 Å². The van der Waals surface area contributed by atoms with Crippen LogP contribution in [-0.2, 0) is 25.0 Å². The van der Waals surface area contributed by atoms with Crippen molar-refractivity contribution < 1.29 is 40.8 Å². The van der Waals surface area contributed by atoms with E-state index in [1.165, 1.54) is 48.5 Å². The quantitative estimate of drug-likeness (QED) is 0.0236. The van der Waals surface area contributed by atoms with Gasteiger partial charge in [0, 0.05) is 12.1 Å². The minimum Gasteiger partial charge on any atom is -0.505 e. The fraction of sp³-hybridized carbons (Fsp3) is 0. The molecule has 4 aromatic rings. The van der Waals surface area contributed by atoms with Gasteiger partial charge in [-0.3, -0.25) is 29.4 Å². The number of nitrogens with one attached hydrogen (secondary N) is 1. The largest absolute Gasteiger partial charge is 0.505 e. The molecular weight excluding hydrogens is 739 g/mol. The molecule has 0 amide bonds. The summed E-state index contributed by atoms with van der Waals surface area (Å²) < 4.78 is 66.1. The van der Waals surface area contributed by atoms with Crippen LogP contribution < -0.4 is 16.9 Å². The number of nitrogen functional groups attached to an aromatic ring is 2. The Labute approximate surface area is 298 Å². The van der Waals surface area contributed by atoms with Crippen LogP contribution >= 0.6 is 0 Å². The molecule has 8 N–H and O–H groups in total. The lowest BCUT2D eigenvalue weighted by atomic mass is 10.1. The van der Waals surface area contributed by atoms with Gasteiger partial charge in [0.15, 0.2) is 5.70 Å². The summed E-state index contributed by atoms with van der Waals surface area (Å²) in [6.45, 7) is 0. The van der Waals surface area contributed by atoms with E-state index >= 15 is 0 Å². The summed E-state index contributed by atoms with van der Waals surface area (Å²) in [6, 6.07) is 15.8. The van der Waals surface area contributed by atoms with E-state index in [0.717, 1.165) is 42.5 Å². The number of azo groups is 3. The highest BCUT2D eigenvalue weighted by atomic mass is 32.2. The van der Waals surface area contributed by atoms with E-state index in [1.54, 1.807) is 0 Å². The SMILES string of the molecule is Nc1cc(N)c(N=Nc2ccc(S(=O)(=O)O)c(N=NC3=C(O)C=CC(=NNc4ccc([N+](=O)[O-])cc4)C3=O)c2)cc1N=Nc1cccc(S(=O)(=O)O)c1. The Morgan fingerprint density at radius 3 is 1.92 bits per heavy atom. The van der Waals surface area contributed by atoms with E-state index in [1.807, 2.05) is 0 Å². The van der Waals surface area contributed by atoms with Gasteiger partial charge in [0.05, 0.1) is 38.3 Å². The Kier molecular flexibility index (Phi) is 10.5. The average molecular weight is 762 g/mol. The number of hydrogen-bond acceptors (Lipinski definition) is 18. The highest BCUT2D eigenvalue weighted by Gasteiger charge is 2.24. The predicted molar refractivity (Wildman–Crippen MR) is 189 cm³/mol. The molecule has 5 rings (SSSR count). The van der Waals surface area contributed by atoms with Gasteiger partial charge in [0.2, 0.25) is 5.78 Å². The number of nitro groups is 1. The number of aliphatic hydroxyl groups excluding tert-OH is 1. The number of non-ortho nitro benzene ring substituents is 1. The summed E-state index contributed by atoms with van der Waals surface area (Å²) in [5, 5.41) is 48.5. The Morgan fingerprint density at radius 1 is 0.698 bits per heavy atom. The maximum Gasteiger partial charge on any atom is 0.296 e. The molecule has 0 atom stereocenters. The van der Waals surface area contributed by atoms with E-state index in [-0.39, 0.29) is 45.5 Å². The van der Waals surface area contributed by atoms with Crippen molar-refractivity contribution in [3.8, 4) is 0 Å². The van der Waals surface area contributed by atoms with Crippen LogP contribution in [0.25, 0.3) is 0 Å². The molecule has 53 heavy (non-hydrogen) atoms. The van der Waals surface area contributed by atoms with Crippen LogP contribution in [0.2, 0.25) is 0 Å². The van der Waals surface area contributed by atoms with Crippen LogP contribution in [-0.4, -0.2) is 47.5 Å². The number of nitro benzene ring substituents is 1. The summed E-state index contributed by atoms with van der Waals surface area (Å²) in [5.41, 5.74) is 13.5. The standard InChI is InChI=1S/C30H23N11O10S2/c31-21-14-22(32)25(15-24(21)37-34-17-2-1-3-20(12-17)52(46,47)48)38-35-18-6-11-28(53(49,50)51)26(13-18)39-40-29-27(42)10-9-23(30(29)43)36-33-16-4-7-19(8-5-16)41(44)45/h1-15,33,42H,31-32H2,(H,46,47,48)(H,49,50,51). The summed E-state index contributed by atoms with van der Waals surface area (Å²) in [6.07, 6.45) is 2.22. The fourth-order valence-electron chi connectivity index (χ4n) is 4.20. The number of benzene rings is 4. The first-order valence-electron chi connectivity index (χ1n) is 14.4. The predicted octanol–water partition coefficient (Wildman–Crippen LogP) is 6.54. The Morgan fingerprint density at radius 2 is 1.32 bits per heavy atom. The molecule has 0 radical (unpaired) electrons. The maximum absolute atomic E-state index is 13.0. The van der Waals surface area contributed by atoms with Crippen molar-refractivity contribution in [1.82, 2.24) is 0 Å². The molecule has 1 aliphatic rings. The molecule has 270 valence electrons. The summed E-state index contributed by atoms with van der Waals surface area (Å²) in [4.78, 5) is 22.2. The minimum absolute atomic E-state index is 0.0192. The number of ketones is 1. The van der Waals surface area contributed by atoms with Gasteiger partial charge in [0.25, 0.3) is 25.9 Å². The molecule has 21 nitrogen and oxygen atoms in total. The molecule has 0 aliphatic heterocycles. The molecule has 0 saturated carbocycles. The molecule has 0 fully saturated rings. The summed E-state index contributed by atoms with van der Waals surface area (Å²) >= 11 is 0. The van der Waals surface area contributed by atoms with Gasteiger partial charge in [-0.05, 0) is 72.8 Å². The summed E-state index contributed by atoms with van der Waals surface area (Å²) in [5.74, 6) is -1.58. The third kappa shape index (κ3) is 9.18. The number of carbonyl (C=O) groups is 1. The van der Waals surface area contributed by atoms with Crippen LogP contribution in [0.4, 0.5) is 51.2 Å². The van der Waals surface area contributed by atoms with E-state index in [9.17, 15) is 46.0 Å². The molecule has 1 aliphatic carbocycles. The van der Waals surface area contributed by atoms with Crippen molar-refractivity contribution >= 4 is 82.9 Å². The number of aliphatic hydroxyl groups is 1. The van der Waals surface area contributed by atoms with Gasteiger partial charge in [-0.2, -0.15) is 32.2 Å². The monoisotopic (exact) mass is 761 g/mol. The molecule has 0 bridgehead atoms. The van der Waals surface area contributed by atoms with E-state index < -0.39 is 57.9 Å². The first-order valence-corrected chi connectivity index (χ1v) is 17.2. The second-order valence-electron chi connectivity index (χ2n) is 10.5. The molecule has 0 spiro atoms. The smallest absolute Gasteiger partial charge is 0.296 e. The summed E-state index contributed by atoms with van der Waals surface area (Å²) in [7, 11) is -9.39. The topological polar surface area (TPSA) is 340 Å². The first kappa shape index (κ1) is 37.2. The molecule has 0 heterocycles. The molecule has 0 unspecified atom stereocenters. The van der Waals surface area contributed by atoms with Gasteiger partial charge in [-0.1, -0.05) is 6.07 Å². The second-order valence-corrected chi connectivity index (χ2v) is 13.3. The van der Waals surface area contributed by atoms with Crippen LogP contribution in [0.1, 0.15) is 0 Å². The van der Waals surface area contributed by atoms with Crippen molar-refractivity contribution in [2.24, 2.45) is 35.8 Å². The zero-order valence-electron chi connectivity index (χ0n) is 26.4. The van der Waals surface area contributed by atoms with Crippen molar-refractivity contribution in [3.63, 3.8) is 0 Å². The van der Waals surface area contributed by atoms with E-state index in [2.05, 4.69) is 41.2 Å². The van der Waals surface area contributed by atoms with Gasteiger partial charge in [-0.25, -0.2) is 0 Å². The average Bonchev–Trinajstić information content (AvgIpc) is 3.10. The Balaban J connectivity index is 1.40. The lowest BCUT2D eigenvalue weighted by molar-refractivity contribution is -0.384. The number of nitrogens with two attached hydrogens (primary N) is 2. The maximum atomic E-state index is 13.0. The van der Waals surface area contributed by atoms with Gasteiger partial charge >= 0.3 is 0 Å². The van der Waals surface area contributed by atoms with Gasteiger partial charge < -0.3 is 16.6 Å². The van der Waals surface area contributed by atoms with Crippen molar-refractivity contribution in [1.29, 1.82) is 0 Å². The lowest BCUT2D eigenvalue weighted by Gasteiger charge is -2.09. The van der Waals surface area contributed by atoms with E-state index in [4.69, 9.17) is 11.5 Å². The number of carbonyl (C=O) groups excluding carboxylic acids is 1. The van der Waals surface area contributed by atoms with Crippen LogP contribution in [0.5, 0.6) is 0 Å². The van der Waals surface area contributed by atoms with Gasteiger partial charge in [0.1, 0.15) is 33.4 Å². The first-order chi connectivity index (χ1) is 25.0. The molecule has 4 aromatic carbocycles. The van der Waals surface area contributed by atoms with Crippen LogP contribution in [0.15, 0.2) is 148 Å². The highest BCUT2D eigenvalue weighted by molar-refractivity contribution is 7.86. The third-order valence-electron chi connectivity index (χ3n) is 6.79. The fourth-order valence-corrected chi connectivity index (χ4v) is 5.32. The number of rotatable bonds is 11. The number of nitrogens with zero attached hydrogens (tertiary/aromatic N) is 8. The zero-order valence-corrected chi connectivity index (χ0v) is 28.0. The molecule has 23 heteroatoms. The van der Waals surface area contributed by atoms with Crippen molar-refractivity contribution in [2.75, 3.05) is 16.9 Å². The number of allylic oxidation sites excluding steroid dienone is 3. The highest BCUT2D eigenvalue weighted by Crippen LogP contribution is 2.37. The Bertz CT molecular complexity index is 2570. The molecule has 0 aromatic heterocycles. The van der Waals surface area contributed by atoms with Crippen molar-refractivity contribution in [3.05, 3.63) is 113 Å². The van der Waals surface area contributed by atoms with E-state index in [0.29, 0.717) is 5.69 Å². The number of Topliss-reactive ketones (excluding diaryl/α,β-unsaturated/α-hetero) is 1. The van der Waals surface area contributed by atoms with Crippen LogP contribution in [0.3, 0.4) is 0 Å². The number of hydrazone groups is 1. The molecular formula is C30H23N11O10S2. The number of anilines is 3. The lowest BCUT2D eigenvalue weighted by Crippen LogP contribution is -2.19.